The summed E-state index contributed by atoms with van der Waals surface area (Å²) < 4.78 is 7.49. The van der Waals surface area contributed by atoms with Crippen LogP contribution in [-0.4, -0.2) is 46.0 Å². The average Bonchev–Trinajstić information content (AvgIpc) is 2.86. The van der Waals surface area contributed by atoms with Crippen molar-refractivity contribution in [1.82, 2.24) is 20.0 Å². The molecule has 1 aromatic rings. The third-order valence-corrected chi connectivity index (χ3v) is 3.84. The predicted molar refractivity (Wildman–Crippen MR) is 82.8 cm³/mol. The smallest absolute Gasteiger partial charge is 0.276 e. The zero-order valence-electron chi connectivity index (χ0n) is 11.2. The molecule has 108 valence electrons. The highest BCUT2D eigenvalue weighted by Crippen LogP contribution is 2.20. The van der Waals surface area contributed by atoms with Crippen molar-refractivity contribution in [2.45, 2.75) is 6.42 Å². The molecule has 0 spiro atoms. The van der Waals surface area contributed by atoms with Crippen molar-refractivity contribution in [3.8, 4) is 0 Å². The largest absolute Gasteiger partial charge is 0.385 e. The lowest BCUT2D eigenvalue weighted by Gasteiger charge is -2.12. The summed E-state index contributed by atoms with van der Waals surface area (Å²) in [6.45, 7) is 1.14. The van der Waals surface area contributed by atoms with Gasteiger partial charge in [-0.1, -0.05) is 0 Å². The van der Waals surface area contributed by atoms with Gasteiger partial charge in [0.25, 0.3) is 5.91 Å². The van der Waals surface area contributed by atoms with Crippen molar-refractivity contribution in [2.24, 2.45) is 7.05 Å². The summed E-state index contributed by atoms with van der Waals surface area (Å²) in [4.78, 5) is 13.8. The summed E-state index contributed by atoms with van der Waals surface area (Å²) in [7, 11) is 3.44. The van der Waals surface area contributed by atoms with E-state index in [1.165, 1.54) is 0 Å². The summed E-state index contributed by atoms with van der Waals surface area (Å²) in [5.41, 5.74) is 1.26. The molecule has 0 aliphatic carbocycles. The Morgan fingerprint density at radius 3 is 2.95 bits per heavy atom. The molecular formula is C12H15BrN4O2S. The first-order valence-corrected chi connectivity index (χ1v) is 7.25. The Hall–Kier alpha value is -1.25. The van der Waals surface area contributed by atoms with Crippen LogP contribution in [0.25, 0.3) is 6.08 Å². The van der Waals surface area contributed by atoms with Crippen molar-refractivity contribution in [3.63, 3.8) is 0 Å². The minimum absolute atomic E-state index is 0.126. The molecule has 0 unspecified atom stereocenters. The van der Waals surface area contributed by atoms with Gasteiger partial charge < -0.3 is 10.1 Å². The number of nitrogens with one attached hydrogen (secondary N) is 1. The van der Waals surface area contributed by atoms with Crippen molar-refractivity contribution < 1.29 is 9.53 Å². The van der Waals surface area contributed by atoms with E-state index in [4.69, 9.17) is 17.0 Å². The van der Waals surface area contributed by atoms with Crippen molar-refractivity contribution in [3.05, 3.63) is 22.1 Å². The first-order valence-electron chi connectivity index (χ1n) is 6.05. The second kappa shape index (κ2) is 6.47. The molecule has 0 saturated carbocycles. The SMILES string of the molecule is COCCCN1C(=O)/C(=C\c2c(Br)cnn2C)NC1=S. The summed E-state index contributed by atoms with van der Waals surface area (Å²) in [6, 6.07) is 0. The zero-order chi connectivity index (χ0) is 14.7. The fraction of sp³-hybridized carbons (Fsp3) is 0.417. The van der Waals surface area contributed by atoms with Gasteiger partial charge in [0.15, 0.2) is 5.11 Å². The van der Waals surface area contributed by atoms with Crippen LogP contribution in [0.1, 0.15) is 12.1 Å². The number of amides is 1. The van der Waals surface area contributed by atoms with Crippen LogP contribution in [0.2, 0.25) is 0 Å². The lowest BCUT2D eigenvalue weighted by molar-refractivity contribution is -0.122. The number of rotatable bonds is 5. The monoisotopic (exact) mass is 358 g/mol. The summed E-state index contributed by atoms with van der Waals surface area (Å²) in [5.74, 6) is -0.126. The number of methoxy groups -OCH3 is 1. The zero-order valence-corrected chi connectivity index (χ0v) is 13.6. The lowest BCUT2D eigenvalue weighted by Crippen LogP contribution is -2.32. The topological polar surface area (TPSA) is 59.4 Å². The Morgan fingerprint density at radius 2 is 2.35 bits per heavy atom. The molecule has 2 rings (SSSR count). The molecule has 0 atom stereocenters. The first kappa shape index (κ1) is 15.1. The van der Waals surface area contributed by atoms with Gasteiger partial charge in [-0.2, -0.15) is 5.10 Å². The van der Waals surface area contributed by atoms with E-state index in [1.807, 2.05) is 7.05 Å². The fourth-order valence-corrected chi connectivity index (χ4v) is 2.61. The van der Waals surface area contributed by atoms with Crippen LogP contribution < -0.4 is 5.32 Å². The summed E-state index contributed by atoms with van der Waals surface area (Å²) in [5, 5.41) is 7.47. The Bertz CT molecular complexity index is 550. The predicted octanol–water partition coefficient (Wildman–Crippen LogP) is 1.28. The van der Waals surface area contributed by atoms with Crippen LogP contribution in [0.4, 0.5) is 0 Å². The molecule has 0 bridgehead atoms. The number of thiocarbonyl (C=S) groups is 1. The molecule has 1 N–H and O–H groups in total. The van der Waals surface area contributed by atoms with Gasteiger partial charge in [-0.05, 0) is 40.6 Å². The van der Waals surface area contributed by atoms with Crippen LogP contribution in [-0.2, 0) is 16.6 Å². The van der Waals surface area contributed by atoms with Crippen LogP contribution in [0, 0.1) is 0 Å². The van der Waals surface area contributed by atoms with Crippen LogP contribution in [0.15, 0.2) is 16.4 Å². The highest BCUT2D eigenvalue weighted by atomic mass is 79.9. The van der Waals surface area contributed by atoms with Gasteiger partial charge >= 0.3 is 0 Å². The summed E-state index contributed by atoms with van der Waals surface area (Å²) >= 11 is 8.58. The van der Waals surface area contributed by atoms with Crippen molar-refractivity contribution in [1.29, 1.82) is 0 Å². The van der Waals surface area contributed by atoms with Gasteiger partial charge in [-0.15, -0.1) is 0 Å². The Kier molecular flexibility index (Phi) is 4.90. The molecule has 1 aliphatic rings. The third-order valence-electron chi connectivity index (χ3n) is 2.91. The maximum atomic E-state index is 12.3. The van der Waals surface area contributed by atoms with Gasteiger partial charge in [0.05, 0.1) is 16.4 Å². The fourth-order valence-electron chi connectivity index (χ4n) is 1.86. The normalized spacial score (nSPS) is 17.1. The number of hydrogen-bond acceptors (Lipinski definition) is 4. The van der Waals surface area contributed by atoms with Crippen LogP contribution in [0.5, 0.6) is 0 Å². The number of hydrogen-bond donors (Lipinski definition) is 1. The van der Waals surface area contributed by atoms with Gasteiger partial charge in [0.2, 0.25) is 0 Å². The van der Waals surface area contributed by atoms with E-state index in [0.29, 0.717) is 24.0 Å². The number of aryl methyl sites for hydroxylation is 1. The van der Waals surface area contributed by atoms with Gasteiger partial charge in [0, 0.05) is 27.3 Å². The lowest BCUT2D eigenvalue weighted by atomic mass is 10.3. The minimum atomic E-state index is -0.126. The maximum Gasteiger partial charge on any atom is 0.276 e. The molecule has 20 heavy (non-hydrogen) atoms. The molecule has 6 nitrogen and oxygen atoms in total. The average molecular weight is 359 g/mol. The van der Waals surface area contributed by atoms with Crippen molar-refractivity contribution >= 4 is 45.2 Å². The first-order chi connectivity index (χ1) is 9.54. The van der Waals surface area contributed by atoms with E-state index in [-0.39, 0.29) is 5.91 Å². The molecular weight excluding hydrogens is 344 g/mol. The molecule has 0 aromatic carbocycles. The third kappa shape index (κ3) is 3.08. The van der Waals surface area contributed by atoms with E-state index in [2.05, 4.69) is 26.3 Å². The molecule has 1 fully saturated rings. The van der Waals surface area contributed by atoms with Gasteiger partial charge in [-0.3, -0.25) is 14.4 Å². The summed E-state index contributed by atoms with van der Waals surface area (Å²) in [6.07, 6.45) is 4.16. The Labute approximate surface area is 130 Å². The second-order valence-electron chi connectivity index (χ2n) is 4.29. The maximum absolute atomic E-state index is 12.3. The highest BCUT2D eigenvalue weighted by molar-refractivity contribution is 9.10. The standard InChI is InChI=1S/C12H15BrN4O2S/c1-16-10(8(13)7-14-16)6-9-11(18)17(12(20)15-9)4-3-5-19-2/h6-7H,3-5H2,1-2H3,(H,15,20)/b9-6+. The van der Waals surface area contributed by atoms with Crippen LogP contribution in [0.3, 0.4) is 0 Å². The molecule has 1 amide bonds. The number of carbonyl (C=O) groups excluding carboxylic acids is 1. The van der Waals surface area contributed by atoms with E-state index in [9.17, 15) is 4.79 Å². The molecule has 1 aromatic heterocycles. The molecule has 1 saturated heterocycles. The molecule has 2 heterocycles. The minimum Gasteiger partial charge on any atom is -0.385 e. The number of carbonyl (C=O) groups is 1. The number of nitrogens with zero attached hydrogens (tertiary/aromatic N) is 3. The van der Waals surface area contributed by atoms with Crippen molar-refractivity contribution in [2.75, 3.05) is 20.3 Å². The van der Waals surface area contributed by atoms with Gasteiger partial charge in [-0.25, -0.2) is 0 Å². The molecule has 8 heteroatoms. The number of ether oxygens (including phenoxy) is 1. The van der Waals surface area contributed by atoms with E-state index < -0.39 is 0 Å². The quantitative estimate of drug-likeness (QED) is 0.488. The molecule has 0 radical (unpaired) electrons. The Balaban J connectivity index is 2.15. The van der Waals surface area contributed by atoms with Gasteiger partial charge in [0.1, 0.15) is 5.70 Å². The van der Waals surface area contributed by atoms with Crippen LogP contribution >= 0.6 is 28.1 Å². The second-order valence-corrected chi connectivity index (χ2v) is 5.53. The van der Waals surface area contributed by atoms with E-state index in [0.717, 1.165) is 16.6 Å². The highest BCUT2D eigenvalue weighted by Gasteiger charge is 2.30. The Morgan fingerprint density at radius 1 is 1.60 bits per heavy atom. The van der Waals surface area contributed by atoms with E-state index >= 15 is 0 Å². The van der Waals surface area contributed by atoms with E-state index in [1.54, 1.807) is 29.0 Å². The number of aromatic nitrogens is 2. The molecule has 1 aliphatic heterocycles. The number of halogens is 1.